The van der Waals surface area contributed by atoms with Gasteiger partial charge >= 0.3 is 63.3 Å². The summed E-state index contributed by atoms with van der Waals surface area (Å²) in [5, 5.41) is 0. The van der Waals surface area contributed by atoms with Crippen LogP contribution in [-0.4, -0.2) is 98.8 Å². The summed E-state index contributed by atoms with van der Waals surface area (Å²) >= 11 is 0. The largest absolute Gasteiger partial charge is 0.379 e. The number of ketones is 4. The van der Waals surface area contributed by atoms with Gasteiger partial charge in [0.1, 0.15) is 31.1 Å². The first-order valence-electron chi connectivity index (χ1n) is 22.5. The molecule has 394 valence electrons. The van der Waals surface area contributed by atoms with Gasteiger partial charge in [-0.1, -0.05) is 48.5 Å². The van der Waals surface area contributed by atoms with E-state index in [4.69, 9.17) is 16.7 Å². The Morgan fingerprint density at radius 2 is 0.550 bits per heavy atom. The van der Waals surface area contributed by atoms with Gasteiger partial charge in [-0.2, -0.15) is 52.8 Å². The second-order valence-electron chi connectivity index (χ2n) is 16.9. The lowest BCUT2D eigenvalue weighted by Gasteiger charge is -2.19. The molecule has 0 spiro atoms. The highest BCUT2D eigenvalue weighted by atomic mass is 32.2. The first-order chi connectivity index (χ1) is 38.1. The number of Topliss-reactive ketones (excluding diaryl/α,β-unsaturated/α-hetero) is 4. The van der Waals surface area contributed by atoms with Gasteiger partial charge in [-0.05, 0) is 72.8 Å². The highest BCUT2D eigenvalue weighted by molar-refractivity contribution is 7.88. The minimum Gasteiger partial charge on any atom is -0.379 e. The third-order valence-electron chi connectivity index (χ3n) is 12.3. The van der Waals surface area contributed by atoms with E-state index in [1.807, 2.05) is 0 Å². The number of allylic oxidation sites excluding steroid dienone is 4. The summed E-state index contributed by atoms with van der Waals surface area (Å²) in [6.07, 6.45) is 8.74. The van der Waals surface area contributed by atoms with E-state index in [2.05, 4.69) is 19.2 Å². The number of nitrogens with zero attached hydrogens (tertiary/aromatic N) is 8. The van der Waals surface area contributed by atoms with Crippen LogP contribution in [0.15, 0.2) is 153 Å². The van der Waals surface area contributed by atoms with Gasteiger partial charge in [0.15, 0.2) is 11.5 Å². The zero-order chi connectivity index (χ0) is 57.1. The lowest BCUT2D eigenvalue weighted by Crippen LogP contribution is -2.21. The van der Waals surface area contributed by atoms with Crippen LogP contribution in [0.1, 0.15) is 63.7 Å². The molecule has 0 aromatic heterocycles. The Kier molecular flexibility index (Phi) is 13.1. The zero-order valence-electron chi connectivity index (χ0n) is 39.8. The highest BCUT2D eigenvalue weighted by Crippen LogP contribution is 2.44. The summed E-state index contributed by atoms with van der Waals surface area (Å²) in [6, 6.07) is 19.4. The van der Waals surface area contributed by atoms with Crippen LogP contribution in [0.4, 0.5) is 0 Å². The molecule has 4 aliphatic rings. The van der Waals surface area contributed by atoms with E-state index < -0.39 is 140 Å². The Morgan fingerprint density at radius 1 is 0.300 bits per heavy atom. The van der Waals surface area contributed by atoms with Crippen molar-refractivity contribution in [2.24, 2.45) is 0 Å². The zero-order valence-corrected chi connectivity index (χ0v) is 43.0. The maximum atomic E-state index is 14.6. The smallest absolute Gasteiger partial charge is 0.362 e. The number of fused-ring (bicyclic) bond motifs is 4. The fourth-order valence-corrected chi connectivity index (χ4v) is 13.3. The number of carbonyl (C=O) groups excluding carboxylic acids is 4. The van der Waals surface area contributed by atoms with Gasteiger partial charge < -0.3 is 38.9 Å². The van der Waals surface area contributed by atoms with Crippen LogP contribution in [-0.2, 0) is 40.5 Å². The van der Waals surface area contributed by atoms with Crippen LogP contribution in [0.5, 0.6) is 23.0 Å². The third kappa shape index (κ3) is 9.26. The molecule has 0 radical (unpaired) electrons. The summed E-state index contributed by atoms with van der Waals surface area (Å²) in [5.74, 6) is -6.52. The summed E-state index contributed by atoms with van der Waals surface area (Å²) in [5.41, 5.74) is 33.0. The summed E-state index contributed by atoms with van der Waals surface area (Å²) < 4.78 is 137. The van der Waals surface area contributed by atoms with Crippen molar-refractivity contribution in [3.8, 4) is 34.1 Å². The summed E-state index contributed by atoms with van der Waals surface area (Å²) in [7, 11) is -20.5. The average Bonchev–Trinajstić information content (AvgIpc) is 3.43. The predicted octanol–water partition coefficient (Wildman–Crippen LogP) is 5.95. The van der Waals surface area contributed by atoms with Gasteiger partial charge in [0.05, 0.1) is 0 Å². The Morgan fingerprint density at radius 3 is 0.800 bits per heavy atom. The molecule has 0 heterocycles. The number of rotatable bonds is 13. The molecule has 0 saturated heterocycles. The maximum absolute atomic E-state index is 14.6. The minimum absolute atomic E-state index is 0.178. The predicted molar refractivity (Wildman–Crippen MR) is 277 cm³/mol. The van der Waals surface area contributed by atoms with Crippen molar-refractivity contribution >= 4 is 111 Å². The lowest BCUT2D eigenvalue weighted by molar-refractivity contribution is -0.00459. The normalized spacial score (nSPS) is 14.4. The van der Waals surface area contributed by atoms with Crippen LogP contribution >= 0.6 is 0 Å². The van der Waals surface area contributed by atoms with E-state index >= 15 is 0 Å². The molecule has 0 fully saturated rings. The van der Waals surface area contributed by atoms with E-state index in [-0.39, 0.29) is 44.5 Å². The second-order valence-corrected chi connectivity index (χ2v) is 23.0. The molecule has 6 aromatic rings. The number of benzene rings is 6. The molecule has 10 rings (SSSR count). The van der Waals surface area contributed by atoms with E-state index in [1.54, 1.807) is 0 Å². The lowest BCUT2D eigenvalue weighted by atomic mass is 9.95. The van der Waals surface area contributed by atoms with E-state index in [1.165, 1.54) is 48.6 Å². The van der Waals surface area contributed by atoms with Crippen LogP contribution in [0.3, 0.4) is 0 Å². The van der Waals surface area contributed by atoms with Gasteiger partial charge in [-0.15, -0.1) is 0 Å². The van der Waals surface area contributed by atoms with Crippen LogP contribution < -0.4 is 16.7 Å². The highest BCUT2D eigenvalue weighted by Gasteiger charge is 2.37. The van der Waals surface area contributed by atoms with Crippen molar-refractivity contribution in [2.45, 2.75) is 19.6 Å². The van der Waals surface area contributed by atoms with E-state index in [9.17, 15) is 75.0 Å². The molecule has 0 amide bonds. The van der Waals surface area contributed by atoms with Crippen molar-refractivity contribution in [3.05, 3.63) is 200 Å². The van der Waals surface area contributed by atoms with Gasteiger partial charge in [0, 0.05) is 92.1 Å². The van der Waals surface area contributed by atoms with E-state index in [0.717, 1.165) is 109 Å². The summed E-state index contributed by atoms with van der Waals surface area (Å²) in [4.78, 5) is 61.5. The van der Waals surface area contributed by atoms with Crippen molar-refractivity contribution in [3.63, 3.8) is 0 Å². The molecule has 6 aromatic carbocycles. The fraction of sp³-hybridized carbons (Fsp3) is 0. The topological polar surface area (TPSA) is 387 Å². The standard InChI is InChI=1S/C52H26N8O16S4/c53-57-39-21-17-31-35(49(39)61)5-1-9-45(31)77(65,66)73-27-13-15-29(43(25-27)75-79(69,70)47-11-3-7-37-33(47)19-23-41(59-55)51(37)63)30-16-14-28(74-78(67,68)46-10-2-6-36-32(46)18-22-40(58-54)50(36)62)26-44(30)76-80(71,72)48-12-4-8-38-34(48)20-24-42(60-56)52(38)64/h1-26H. The molecule has 0 N–H and O–H groups in total. The summed E-state index contributed by atoms with van der Waals surface area (Å²) in [6.45, 7) is 0. The van der Waals surface area contributed by atoms with Crippen molar-refractivity contribution in [2.75, 3.05) is 0 Å². The number of hydrogen-bond acceptors (Lipinski definition) is 16. The molecule has 0 unspecified atom stereocenters. The van der Waals surface area contributed by atoms with Gasteiger partial charge in [-0.3, -0.25) is 19.2 Å². The number of hydrogen-bond donors (Lipinski definition) is 0. The number of carbonyl (C=O) groups is 4. The SMILES string of the molecule is [N-]=[N+]=C1C=Cc2c(cccc2S(=O)(=O)Oc2ccc(-c3ccc(OS(=O)(=O)c4cccc5c4C=CC(=[N+]=[N-])C5=O)cc3OS(=O)(=O)c3cccc4c3C=CC(=[N+]=[N-])C4=O)c(OS(=O)(=O)c3cccc4c3C=CC(=[N+]=[N-])C4=O)c2)C1=O. The average molecular weight is 1150 g/mol. The molecule has 0 aliphatic heterocycles. The monoisotopic (exact) mass is 1150 g/mol. The second kappa shape index (κ2) is 19.8. The Balaban J connectivity index is 1.14. The van der Waals surface area contributed by atoms with Crippen molar-refractivity contribution in [1.29, 1.82) is 0 Å². The molecule has 0 saturated carbocycles. The van der Waals surface area contributed by atoms with Crippen LogP contribution in [0.2, 0.25) is 0 Å². The maximum Gasteiger partial charge on any atom is 0.362 e. The molecule has 4 aliphatic carbocycles. The fourth-order valence-electron chi connectivity index (χ4n) is 8.71. The first kappa shape index (κ1) is 52.9. The van der Waals surface area contributed by atoms with Crippen LogP contribution in [0.25, 0.3) is 57.6 Å². The molecule has 24 nitrogen and oxygen atoms in total. The van der Waals surface area contributed by atoms with Gasteiger partial charge in [-0.25, -0.2) is 0 Å². The molecule has 0 atom stereocenters. The molecule has 28 heteroatoms. The quantitative estimate of drug-likeness (QED) is 0.0732. The van der Waals surface area contributed by atoms with Crippen molar-refractivity contribution in [1.82, 2.24) is 0 Å². The van der Waals surface area contributed by atoms with E-state index in [0.29, 0.717) is 0 Å². The van der Waals surface area contributed by atoms with Gasteiger partial charge in [0.2, 0.25) is 0 Å². The first-order valence-corrected chi connectivity index (χ1v) is 28.1. The van der Waals surface area contributed by atoms with Gasteiger partial charge in [0.25, 0.3) is 23.1 Å². The molecule has 80 heavy (non-hydrogen) atoms. The van der Waals surface area contributed by atoms with Crippen molar-refractivity contribution < 1.29 is 88.7 Å². The minimum atomic E-state index is -5.23. The molecular formula is C52H26N8O16S4. The Labute approximate surface area is 451 Å². The molecular weight excluding hydrogens is 1120 g/mol. The Bertz CT molecular complexity index is 4470. The molecule has 0 bridgehead atoms. The Hall–Kier alpha value is -10.5. The third-order valence-corrected chi connectivity index (χ3v) is 17.5. The van der Waals surface area contributed by atoms with Crippen LogP contribution in [0, 0.1) is 0 Å².